The third-order valence-electron chi connectivity index (χ3n) is 4.96. The highest BCUT2D eigenvalue weighted by Crippen LogP contribution is 2.25. The van der Waals surface area contributed by atoms with Crippen LogP contribution in [0.15, 0.2) is 24.4 Å². The molecule has 6 heteroatoms. The van der Waals surface area contributed by atoms with Crippen molar-refractivity contribution in [2.75, 3.05) is 40.4 Å². The lowest BCUT2D eigenvalue weighted by atomic mass is 10.1. The van der Waals surface area contributed by atoms with Crippen LogP contribution in [0.1, 0.15) is 22.5 Å². The van der Waals surface area contributed by atoms with Gasteiger partial charge in [-0.3, -0.25) is 14.8 Å². The van der Waals surface area contributed by atoms with Crippen LogP contribution in [-0.2, 0) is 13.1 Å². The average Bonchev–Trinajstić information content (AvgIpc) is 2.66. The summed E-state index contributed by atoms with van der Waals surface area (Å²) in [4.78, 5) is 14.0. The van der Waals surface area contributed by atoms with Gasteiger partial charge in [-0.15, -0.1) is 0 Å². The zero-order valence-corrected chi connectivity index (χ0v) is 16.2. The van der Waals surface area contributed by atoms with Crippen LogP contribution in [0.4, 0.5) is 0 Å². The van der Waals surface area contributed by atoms with Crippen molar-refractivity contribution in [2.45, 2.75) is 26.9 Å². The Morgan fingerprint density at radius 2 is 1.65 bits per heavy atom. The third kappa shape index (κ3) is 4.31. The zero-order valence-electron chi connectivity index (χ0n) is 16.2. The van der Waals surface area contributed by atoms with Gasteiger partial charge in [0.1, 0.15) is 5.75 Å². The van der Waals surface area contributed by atoms with E-state index in [2.05, 4.69) is 32.8 Å². The van der Waals surface area contributed by atoms with E-state index in [0.717, 1.165) is 67.5 Å². The van der Waals surface area contributed by atoms with Crippen LogP contribution in [-0.4, -0.2) is 60.2 Å². The van der Waals surface area contributed by atoms with Crippen molar-refractivity contribution in [3.63, 3.8) is 0 Å². The van der Waals surface area contributed by atoms with E-state index in [9.17, 15) is 0 Å². The Labute approximate surface area is 155 Å². The van der Waals surface area contributed by atoms with Crippen molar-refractivity contribution in [1.82, 2.24) is 19.8 Å². The summed E-state index contributed by atoms with van der Waals surface area (Å²) in [6, 6.07) is 5.93. The lowest BCUT2D eigenvalue weighted by Crippen LogP contribution is -2.45. The highest BCUT2D eigenvalue weighted by molar-refractivity contribution is 5.41. The molecule has 6 nitrogen and oxygen atoms in total. The minimum Gasteiger partial charge on any atom is -0.496 e. The van der Waals surface area contributed by atoms with Crippen LogP contribution in [0.25, 0.3) is 0 Å². The van der Waals surface area contributed by atoms with Gasteiger partial charge >= 0.3 is 0 Å². The molecule has 0 amide bonds. The van der Waals surface area contributed by atoms with Crippen LogP contribution < -0.4 is 9.47 Å². The van der Waals surface area contributed by atoms with Gasteiger partial charge in [-0.1, -0.05) is 6.07 Å². The van der Waals surface area contributed by atoms with Gasteiger partial charge in [-0.05, 0) is 19.9 Å². The molecule has 0 bridgehead atoms. The molecule has 140 valence electrons. The van der Waals surface area contributed by atoms with Gasteiger partial charge < -0.3 is 9.47 Å². The number of hydrogen-bond donors (Lipinski definition) is 0. The smallest absolute Gasteiger partial charge is 0.213 e. The molecule has 0 atom stereocenters. The van der Waals surface area contributed by atoms with E-state index >= 15 is 0 Å². The molecule has 2 aromatic heterocycles. The molecule has 1 aliphatic heterocycles. The van der Waals surface area contributed by atoms with Gasteiger partial charge in [0.25, 0.3) is 0 Å². The fourth-order valence-corrected chi connectivity index (χ4v) is 3.44. The van der Waals surface area contributed by atoms with E-state index in [-0.39, 0.29) is 0 Å². The minimum atomic E-state index is 0.677. The second-order valence-corrected chi connectivity index (χ2v) is 6.77. The lowest BCUT2D eigenvalue weighted by Gasteiger charge is -2.34. The third-order valence-corrected chi connectivity index (χ3v) is 4.96. The number of methoxy groups -OCH3 is 2. The topological polar surface area (TPSA) is 50.7 Å². The van der Waals surface area contributed by atoms with E-state index in [1.54, 1.807) is 14.2 Å². The Kier molecular flexibility index (Phi) is 6.06. The zero-order chi connectivity index (χ0) is 18.5. The molecular weight excluding hydrogens is 328 g/mol. The molecule has 3 rings (SSSR count). The van der Waals surface area contributed by atoms with Crippen molar-refractivity contribution in [3.8, 4) is 11.6 Å². The molecule has 2 aromatic rings. The first-order chi connectivity index (χ1) is 12.6. The molecule has 1 aliphatic rings. The van der Waals surface area contributed by atoms with E-state index in [1.807, 2.05) is 25.3 Å². The largest absolute Gasteiger partial charge is 0.496 e. The van der Waals surface area contributed by atoms with Crippen LogP contribution in [0.5, 0.6) is 11.6 Å². The second kappa shape index (κ2) is 8.47. The van der Waals surface area contributed by atoms with E-state index in [0.29, 0.717) is 5.88 Å². The van der Waals surface area contributed by atoms with Crippen LogP contribution in [0.2, 0.25) is 0 Å². The quantitative estimate of drug-likeness (QED) is 0.792. The molecule has 0 radical (unpaired) electrons. The maximum atomic E-state index is 5.52. The average molecular weight is 356 g/mol. The Morgan fingerprint density at radius 3 is 2.31 bits per heavy atom. The van der Waals surface area contributed by atoms with Crippen LogP contribution >= 0.6 is 0 Å². The summed E-state index contributed by atoms with van der Waals surface area (Å²) in [5, 5.41) is 0. The molecule has 3 heterocycles. The van der Waals surface area contributed by atoms with Gasteiger partial charge in [0.2, 0.25) is 5.88 Å². The van der Waals surface area contributed by atoms with Gasteiger partial charge in [0.15, 0.2) is 0 Å². The van der Waals surface area contributed by atoms with Gasteiger partial charge in [0.05, 0.1) is 25.6 Å². The molecule has 1 saturated heterocycles. The van der Waals surface area contributed by atoms with Crippen molar-refractivity contribution in [2.24, 2.45) is 0 Å². The molecule has 0 saturated carbocycles. The van der Waals surface area contributed by atoms with Crippen LogP contribution in [0.3, 0.4) is 0 Å². The predicted molar refractivity (Wildman–Crippen MR) is 102 cm³/mol. The maximum Gasteiger partial charge on any atom is 0.213 e. The highest BCUT2D eigenvalue weighted by atomic mass is 16.5. The molecule has 1 fully saturated rings. The van der Waals surface area contributed by atoms with E-state index < -0.39 is 0 Å². The Bertz CT molecular complexity index is 743. The summed E-state index contributed by atoms with van der Waals surface area (Å²) in [5.41, 5.74) is 4.40. The van der Waals surface area contributed by atoms with Crippen molar-refractivity contribution in [1.29, 1.82) is 0 Å². The number of pyridine rings is 2. The fraction of sp³-hybridized carbons (Fsp3) is 0.500. The normalized spacial score (nSPS) is 15.8. The number of hydrogen-bond acceptors (Lipinski definition) is 6. The number of nitrogens with zero attached hydrogens (tertiary/aromatic N) is 4. The van der Waals surface area contributed by atoms with E-state index in [4.69, 9.17) is 9.47 Å². The van der Waals surface area contributed by atoms with Crippen molar-refractivity contribution < 1.29 is 9.47 Å². The van der Waals surface area contributed by atoms with Crippen LogP contribution in [0, 0.1) is 13.8 Å². The number of piperazine rings is 1. The van der Waals surface area contributed by atoms with Gasteiger partial charge in [0, 0.05) is 62.7 Å². The van der Waals surface area contributed by atoms with Crippen molar-refractivity contribution in [3.05, 3.63) is 46.9 Å². The highest BCUT2D eigenvalue weighted by Gasteiger charge is 2.19. The molecule has 0 unspecified atom stereocenters. The SMILES string of the molecule is COc1cccc(CN2CCN(Cc3ncc(C)c(OC)c3C)CC2)n1. The summed E-state index contributed by atoms with van der Waals surface area (Å²) in [7, 11) is 3.38. The molecule has 0 N–H and O–H groups in total. The summed E-state index contributed by atoms with van der Waals surface area (Å²) in [5.74, 6) is 1.63. The lowest BCUT2D eigenvalue weighted by molar-refractivity contribution is 0.119. The van der Waals surface area contributed by atoms with E-state index in [1.165, 1.54) is 0 Å². The van der Waals surface area contributed by atoms with Gasteiger partial charge in [-0.25, -0.2) is 4.98 Å². The fourth-order valence-electron chi connectivity index (χ4n) is 3.44. The molecule has 0 aromatic carbocycles. The Balaban J connectivity index is 1.55. The number of aromatic nitrogens is 2. The molecule has 0 spiro atoms. The summed E-state index contributed by atoms with van der Waals surface area (Å²) in [6.07, 6.45) is 1.91. The summed E-state index contributed by atoms with van der Waals surface area (Å²) in [6.45, 7) is 9.98. The Hall–Kier alpha value is -2.18. The first-order valence-electron chi connectivity index (χ1n) is 9.04. The van der Waals surface area contributed by atoms with Crippen molar-refractivity contribution >= 4 is 0 Å². The first-order valence-corrected chi connectivity index (χ1v) is 9.04. The van der Waals surface area contributed by atoms with Gasteiger partial charge in [-0.2, -0.15) is 0 Å². The molecular formula is C20H28N4O2. The standard InChI is InChI=1S/C20H28N4O2/c1-15-12-21-18(16(2)20(15)26-4)14-24-10-8-23(9-11-24)13-17-6-5-7-19(22-17)25-3/h5-7,12H,8-11,13-14H2,1-4H3. The number of aryl methyl sites for hydroxylation is 1. The first kappa shape index (κ1) is 18.6. The minimum absolute atomic E-state index is 0.677. The molecule has 26 heavy (non-hydrogen) atoms. The monoisotopic (exact) mass is 356 g/mol. The number of ether oxygens (including phenoxy) is 2. The predicted octanol–water partition coefficient (Wildman–Crippen LogP) is 2.43. The summed E-state index contributed by atoms with van der Waals surface area (Å²) < 4.78 is 10.7. The second-order valence-electron chi connectivity index (χ2n) is 6.77. The number of rotatable bonds is 6. The maximum absolute atomic E-state index is 5.52. The molecule has 0 aliphatic carbocycles. The Morgan fingerprint density at radius 1 is 0.962 bits per heavy atom. The summed E-state index contributed by atoms with van der Waals surface area (Å²) >= 11 is 0.